The van der Waals surface area contributed by atoms with Crippen LogP contribution in [0.1, 0.15) is 19.4 Å². The molecule has 0 saturated carbocycles. The summed E-state index contributed by atoms with van der Waals surface area (Å²) in [6, 6.07) is 6.30. The number of rotatable bonds is 5. The standard InChI is InChI=1S/C14H15ClFN3O/c1-9(2)20-14-6-13(18-8-19-14)17-7-10-3-4-12(16)11(15)5-10/h3-6,8-9H,7H2,1-2H3,(H,17,18,19). The lowest BCUT2D eigenvalue weighted by Crippen LogP contribution is -2.08. The van der Waals surface area contributed by atoms with E-state index in [1.54, 1.807) is 18.2 Å². The van der Waals surface area contributed by atoms with E-state index in [2.05, 4.69) is 15.3 Å². The van der Waals surface area contributed by atoms with E-state index < -0.39 is 5.82 Å². The Bertz CT molecular complexity index is 592. The second-order valence-corrected chi connectivity index (χ2v) is 4.92. The number of halogens is 2. The molecular weight excluding hydrogens is 281 g/mol. The molecule has 0 unspecified atom stereocenters. The molecule has 1 N–H and O–H groups in total. The zero-order valence-corrected chi connectivity index (χ0v) is 12.0. The highest BCUT2D eigenvalue weighted by Gasteiger charge is 2.04. The molecule has 4 nitrogen and oxygen atoms in total. The predicted octanol–water partition coefficient (Wildman–Crippen LogP) is 3.67. The number of hydrogen-bond donors (Lipinski definition) is 1. The van der Waals surface area contributed by atoms with Crippen molar-refractivity contribution in [3.63, 3.8) is 0 Å². The predicted molar refractivity (Wildman–Crippen MR) is 76.5 cm³/mol. The third kappa shape index (κ3) is 4.06. The summed E-state index contributed by atoms with van der Waals surface area (Å²) in [7, 11) is 0. The maximum absolute atomic E-state index is 13.0. The molecule has 0 aliphatic heterocycles. The van der Waals surface area contributed by atoms with Crippen molar-refractivity contribution in [2.45, 2.75) is 26.5 Å². The van der Waals surface area contributed by atoms with Gasteiger partial charge in [0.15, 0.2) is 0 Å². The first-order chi connectivity index (χ1) is 9.54. The summed E-state index contributed by atoms with van der Waals surface area (Å²) >= 11 is 5.73. The van der Waals surface area contributed by atoms with Gasteiger partial charge in [0.2, 0.25) is 5.88 Å². The number of hydrogen-bond acceptors (Lipinski definition) is 4. The number of ether oxygens (including phenoxy) is 1. The molecule has 0 atom stereocenters. The Hall–Kier alpha value is -1.88. The van der Waals surface area contributed by atoms with E-state index in [1.165, 1.54) is 12.4 Å². The summed E-state index contributed by atoms with van der Waals surface area (Å²) in [6.45, 7) is 4.34. The van der Waals surface area contributed by atoms with Gasteiger partial charge in [-0.1, -0.05) is 17.7 Å². The molecule has 0 fully saturated rings. The summed E-state index contributed by atoms with van der Waals surface area (Å²) in [5.41, 5.74) is 0.862. The van der Waals surface area contributed by atoms with Crippen LogP contribution >= 0.6 is 11.6 Å². The van der Waals surface area contributed by atoms with Gasteiger partial charge in [0, 0.05) is 12.6 Å². The van der Waals surface area contributed by atoms with E-state index in [1.807, 2.05) is 13.8 Å². The molecule has 0 bridgehead atoms. The van der Waals surface area contributed by atoms with Gasteiger partial charge in [-0.15, -0.1) is 0 Å². The topological polar surface area (TPSA) is 47.0 Å². The number of aromatic nitrogens is 2. The number of nitrogens with zero attached hydrogens (tertiary/aromatic N) is 2. The molecule has 2 rings (SSSR count). The molecule has 0 aliphatic carbocycles. The van der Waals surface area contributed by atoms with Gasteiger partial charge in [-0.25, -0.2) is 14.4 Å². The molecule has 1 aromatic heterocycles. The average molecular weight is 296 g/mol. The zero-order valence-electron chi connectivity index (χ0n) is 11.2. The lowest BCUT2D eigenvalue weighted by molar-refractivity contribution is 0.232. The first-order valence-corrected chi connectivity index (χ1v) is 6.59. The summed E-state index contributed by atoms with van der Waals surface area (Å²) in [5, 5.41) is 3.22. The molecule has 0 spiro atoms. The van der Waals surface area contributed by atoms with E-state index in [0.29, 0.717) is 18.2 Å². The smallest absolute Gasteiger partial charge is 0.218 e. The van der Waals surface area contributed by atoms with Crippen LogP contribution in [0.4, 0.5) is 10.2 Å². The monoisotopic (exact) mass is 295 g/mol. The molecule has 0 amide bonds. The first kappa shape index (κ1) is 14.5. The molecule has 0 saturated heterocycles. The summed E-state index contributed by atoms with van der Waals surface area (Å²) in [4.78, 5) is 8.11. The third-order valence-corrected chi connectivity index (χ3v) is 2.75. The van der Waals surface area contributed by atoms with Crippen molar-refractivity contribution in [2.24, 2.45) is 0 Å². The normalized spacial score (nSPS) is 10.7. The first-order valence-electron chi connectivity index (χ1n) is 6.21. The fourth-order valence-corrected chi connectivity index (χ4v) is 1.79. The van der Waals surface area contributed by atoms with Crippen molar-refractivity contribution in [3.05, 3.63) is 47.0 Å². The minimum Gasteiger partial charge on any atom is -0.475 e. The largest absolute Gasteiger partial charge is 0.475 e. The SMILES string of the molecule is CC(C)Oc1cc(NCc2ccc(F)c(Cl)c2)ncn1. The van der Waals surface area contributed by atoms with Crippen LogP contribution in [0, 0.1) is 5.82 Å². The Morgan fingerprint density at radius 3 is 2.80 bits per heavy atom. The van der Waals surface area contributed by atoms with Gasteiger partial charge in [-0.3, -0.25) is 0 Å². The van der Waals surface area contributed by atoms with Crippen molar-refractivity contribution in [3.8, 4) is 5.88 Å². The van der Waals surface area contributed by atoms with Crippen molar-refractivity contribution in [2.75, 3.05) is 5.32 Å². The van der Waals surface area contributed by atoms with E-state index in [0.717, 1.165) is 5.56 Å². The Labute approximate surface area is 122 Å². The maximum atomic E-state index is 13.0. The molecule has 6 heteroatoms. The van der Waals surface area contributed by atoms with Gasteiger partial charge in [-0.2, -0.15) is 0 Å². The van der Waals surface area contributed by atoms with Crippen molar-refractivity contribution < 1.29 is 9.13 Å². The van der Waals surface area contributed by atoms with Crippen molar-refractivity contribution in [1.82, 2.24) is 9.97 Å². The second kappa shape index (κ2) is 6.52. The van der Waals surface area contributed by atoms with Crippen molar-refractivity contribution >= 4 is 17.4 Å². The Morgan fingerprint density at radius 1 is 1.30 bits per heavy atom. The van der Waals surface area contributed by atoms with Gasteiger partial charge in [0.1, 0.15) is 18.0 Å². The maximum Gasteiger partial charge on any atom is 0.218 e. The van der Waals surface area contributed by atoms with Crippen molar-refractivity contribution in [1.29, 1.82) is 0 Å². The molecule has 20 heavy (non-hydrogen) atoms. The highest BCUT2D eigenvalue weighted by atomic mass is 35.5. The van der Waals surface area contributed by atoms with Gasteiger partial charge in [0.05, 0.1) is 11.1 Å². The Kier molecular flexibility index (Phi) is 4.74. The number of nitrogens with one attached hydrogen (secondary N) is 1. The van der Waals surface area contributed by atoms with Crippen LogP contribution in [0.5, 0.6) is 5.88 Å². The van der Waals surface area contributed by atoms with Crippen LogP contribution in [0.3, 0.4) is 0 Å². The quantitative estimate of drug-likeness (QED) is 0.914. The summed E-state index contributed by atoms with van der Waals surface area (Å²) in [6.07, 6.45) is 1.48. The van der Waals surface area contributed by atoms with Crippen LogP contribution in [-0.4, -0.2) is 16.1 Å². The van der Waals surface area contributed by atoms with Gasteiger partial charge in [-0.05, 0) is 31.5 Å². The van der Waals surface area contributed by atoms with E-state index >= 15 is 0 Å². The van der Waals surface area contributed by atoms with Crippen LogP contribution in [-0.2, 0) is 6.54 Å². The highest BCUT2D eigenvalue weighted by molar-refractivity contribution is 6.30. The van der Waals surface area contributed by atoms with E-state index in [-0.39, 0.29) is 11.1 Å². The van der Waals surface area contributed by atoms with Crippen LogP contribution < -0.4 is 10.1 Å². The van der Waals surface area contributed by atoms with Crippen LogP contribution in [0.15, 0.2) is 30.6 Å². The highest BCUT2D eigenvalue weighted by Crippen LogP contribution is 2.18. The number of benzene rings is 1. The summed E-state index contributed by atoms with van der Waals surface area (Å²) < 4.78 is 18.5. The second-order valence-electron chi connectivity index (χ2n) is 4.51. The zero-order chi connectivity index (χ0) is 14.5. The van der Waals surface area contributed by atoms with Crippen LogP contribution in [0.2, 0.25) is 5.02 Å². The summed E-state index contributed by atoms with van der Waals surface area (Å²) in [5.74, 6) is 0.718. The van der Waals surface area contributed by atoms with Crippen LogP contribution in [0.25, 0.3) is 0 Å². The minimum absolute atomic E-state index is 0.0497. The molecular formula is C14H15ClFN3O. The number of anilines is 1. The fraction of sp³-hybridized carbons (Fsp3) is 0.286. The molecule has 1 heterocycles. The van der Waals surface area contributed by atoms with Gasteiger partial charge in [0.25, 0.3) is 0 Å². The molecule has 2 aromatic rings. The van der Waals surface area contributed by atoms with Gasteiger partial charge >= 0.3 is 0 Å². The minimum atomic E-state index is -0.426. The lowest BCUT2D eigenvalue weighted by Gasteiger charge is -2.10. The molecule has 106 valence electrons. The van der Waals surface area contributed by atoms with Gasteiger partial charge < -0.3 is 10.1 Å². The average Bonchev–Trinajstić information content (AvgIpc) is 2.40. The fourth-order valence-electron chi connectivity index (χ4n) is 1.58. The Balaban J connectivity index is 2.01. The third-order valence-electron chi connectivity index (χ3n) is 2.46. The van der Waals surface area contributed by atoms with E-state index in [9.17, 15) is 4.39 Å². The Morgan fingerprint density at radius 2 is 2.10 bits per heavy atom. The lowest BCUT2D eigenvalue weighted by atomic mass is 10.2. The van der Waals surface area contributed by atoms with E-state index in [4.69, 9.17) is 16.3 Å². The molecule has 0 aliphatic rings. The molecule has 1 aromatic carbocycles. The molecule has 0 radical (unpaired) electrons.